The first-order valence-corrected chi connectivity index (χ1v) is 6.86. The molecule has 22 heavy (non-hydrogen) atoms. The number of rotatable bonds is 4. The van der Waals surface area contributed by atoms with Gasteiger partial charge in [-0.3, -0.25) is 14.3 Å². The van der Waals surface area contributed by atoms with E-state index in [1.165, 1.54) is 23.9 Å². The second-order valence-corrected chi connectivity index (χ2v) is 5.24. The third kappa shape index (κ3) is 3.34. The van der Waals surface area contributed by atoms with E-state index in [1.54, 1.807) is 0 Å². The Morgan fingerprint density at radius 1 is 1.50 bits per heavy atom. The van der Waals surface area contributed by atoms with Crippen molar-refractivity contribution in [1.82, 2.24) is 9.55 Å². The van der Waals surface area contributed by atoms with Gasteiger partial charge in [-0.05, 0) is 18.9 Å². The zero-order chi connectivity index (χ0) is 16.3. The van der Waals surface area contributed by atoms with Gasteiger partial charge in [0.15, 0.2) is 0 Å². The molecule has 1 saturated carbocycles. The minimum Gasteiger partial charge on any atom is -0.466 e. The van der Waals surface area contributed by atoms with E-state index in [9.17, 15) is 24.6 Å². The van der Waals surface area contributed by atoms with E-state index in [2.05, 4.69) is 9.72 Å². The van der Waals surface area contributed by atoms with Gasteiger partial charge in [-0.25, -0.2) is 9.59 Å². The second kappa shape index (κ2) is 6.71. The van der Waals surface area contributed by atoms with Crippen molar-refractivity contribution in [3.63, 3.8) is 0 Å². The first kappa shape index (κ1) is 16.2. The highest BCUT2D eigenvalue weighted by molar-refractivity contribution is 5.86. The van der Waals surface area contributed by atoms with Crippen molar-refractivity contribution >= 4 is 12.0 Å². The first-order valence-electron chi connectivity index (χ1n) is 6.86. The average Bonchev–Trinajstić information content (AvgIpc) is 2.86. The Labute approximate surface area is 125 Å². The lowest BCUT2D eigenvalue weighted by molar-refractivity contribution is -0.134. The van der Waals surface area contributed by atoms with Crippen LogP contribution in [0.25, 0.3) is 6.08 Å². The number of hydrogen-bond acceptors (Lipinski definition) is 6. The van der Waals surface area contributed by atoms with E-state index >= 15 is 0 Å². The molecule has 0 saturated heterocycles. The van der Waals surface area contributed by atoms with Gasteiger partial charge in [0.05, 0.1) is 18.8 Å². The van der Waals surface area contributed by atoms with E-state index in [0.29, 0.717) is 12.8 Å². The van der Waals surface area contributed by atoms with Gasteiger partial charge in [0.25, 0.3) is 5.56 Å². The maximum atomic E-state index is 11.9. The summed E-state index contributed by atoms with van der Waals surface area (Å²) in [7, 11) is 1.22. The highest BCUT2D eigenvalue weighted by Gasteiger charge is 2.34. The van der Waals surface area contributed by atoms with Crippen LogP contribution in [0.3, 0.4) is 0 Å². The Morgan fingerprint density at radius 2 is 2.23 bits per heavy atom. The summed E-state index contributed by atoms with van der Waals surface area (Å²) in [6, 6.07) is -0.318. The van der Waals surface area contributed by atoms with Crippen LogP contribution in [-0.4, -0.2) is 45.6 Å². The van der Waals surface area contributed by atoms with Crippen LogP contribution in [0.5, 0.6) is 0 Å². The number of nitrogens with zero attached hydrogens (tertiary/aromatic N) is 1. The van der Waals surface area contributed by atoms with Crippen molar-refractivity contribution in [3.8, 4) is 0 Å². The minimum absolute atomic E-state index is 0.131. The fourth-order valence-corrected chi connectivity index (χ4v) is 2.61. The van der Waals surface area contributed by atoms with Crippen molar-refractivity contribution in [2.24, 2.45) is 5.92 Å². The highest BCUT2D eigenvalue weighted by Crippen LogP contribution is 2.33. The fourth-order valence-electron chi connectivity index (χ4n) is 2.61. The molecule has 0 aliphatic heterocycles. The molecular weight excluding hydrogens is 292 g/mol. The molecule has 0 aromatic carbocycles. The monoisotopic (exact) mass is 310 g/mol. The van der Waals surface area contributed by atoms with E-state index in [4.69, 9.17) is 0 Å². The fraction of sp³-hybridized carbons (Fsp3) is 0.500. The molecule has 2 rings (SSSR count). The number of carbonyl (C=O) groups excluding carboxylic acids is 1. The molecule has 0 radical (unpaired) electrons. The van der Waals surface area contributed by atoms with Crippen LogP contribution >= 0.6 is 0 Å². The maximum Gasteiger partial charge on any atom is 0.330 e. The normalized spacial score (nSPS) is 24.8. The molecule has 1 aromatic rings. The zero-order valence-corrected chi connectivity index (χ0v) is 12.1. The van der Waals surface area contributed by atoms with Gasteiger partial charge in [0.2, 0.25) is 0 Å². The molecule has 0 bridgehead atoms. The number of nitrogens with one attached hydrogen (secondary N) is 1. The Balaban J connectivity index is 2.33. The number of aliphatic hydroxyl groups is 2. The molecule has 120 valence electrons. The molecule has 3 atom stereocenters. The van der Waals surface area contributed by atoms with E-state index in [1.807, 2.05) is 0 Å². The Morgan fingerprint density at radius 3 is 2.82 bits per heavy atom. The van der Waals surface area contributed by atoms with Gasteiger partial charge in [0.1, 0.15) is 0 Å². The predicted molar refractivity (Wildman–Crippen MR) is 77.2 cm³/mol. The van der Waals surface area contributed by atoms with Crippen molar-refractivity contribution in [3.05, 3.63) is 38.7 Å². The number of hydrogen-bond donors (Lipinski definition) is 3. The largest absolute Gasteiger partial charge is 0.466 e. The molecule has 3 N–H and O–H groups in total. The van der Waals surface area contributed by atoms with Crippen molar-refractivity contribution in [2.75, 3.05) is 13.7 Å². The van der Waals surface area contributed by atoms with Crippen LogP contribution in [0.2, 0.25) is 0 Å². The number of aromatic amines is 1. The van der Waals surface area contributed by atoms with Crippen LogP contribution in [0.4, 0.5) is 0 Å². The van der Waals surface area contributed by atoms with Crippen molar-refractivity contribution < 1.29 is 19.7 Å². The summed E-state index contributed by atoms with van der Waals surface area (Å²) in [5, 5.41) is 19.0. The highest BCUT2D eigenvalue weighted by atomic mass is 16.5. The average molecular weight is 310 g/mol. The summed E-state index contributed by atoms with van der Waals surface area (Å²) in [6.45, 7) is -0.162. The third-order valence-corrected chi connectivity index (χ3v) is 3.86. The molecular formula is C14H18N2O6. The molecule has 0 amide bonds. The van der Waals surface area contributed by atoms with Gasteiger partial charge in [-0.2, -0.15) is 0 Å². The van der Waals surface area contributed by atoms with Crippen LogP contribution in [0.1, 0.15) is 24.4 Å². The minimum atomic E-state index is -0.692. The molecule has 8 heteroatoms. The van der Waals surface area contributed by atoms with Gasteiger partial charge < -0.3 is 14.9 Å². The number of carbonyl (C=O) groups is 1. The number of H-pyrrole nitrogens is 1. The molecule has 1 aromatic heterocycles. The topological polar surface area (TPSA) is 122 Å². The van der Waals surface area contributed by atoms with Gasteiger partial charge >= 0.3 is 11.7 Å². The standard InChI is InChI=1S/C14H18N2O6/c1-22-12(19)3-2-8-6-16(14(21)15-13(8)20)10-4-9(7-17)11(18)5-10/h2-3,6,9-11,17-18H,4-5,7H2,1H3,(H,15,20,21)/b3-2+. The van der Waals surface area contributed by atoms with E-state index in [0.717, 1.165) is 6.08 Å². The first-order chi connectivity index (χ1) is 10.5. The number of methoxy groups -OCH3 is 1. The Bertz CT molecular complexity index is 689. The number of esters is 1. The maximum absolute atomic E-state index is 11.9. The third-order valence-electron chi connectivity index (χ3n) is 3.86. The summed E-state index contributed by atoms with van der Waals surface area (Å²) < 4.78 is 5.76. The second-order valence-electron chi connectivity index (χ2n) is 5.24. The lowest BCUT2D eigenvalue weighted by Gasteiger charge is -2.13. The number of ether oxygens (including phenoxy) is 1. The zero-order valence-electron chi connectivity index (χ0n) is 12.1. The Hall–Kier alpha value is -2.19. The summed E-state index contributed by atoms with van der Waals surface area (Å²) in [4.78, 5) is 36.9. The van der Waals surface area contributed by atoms with Gasteiger partial charge in [0, 0.05) is 30.8 Å². The van der Waals surface area contributed by atoms with Gasteiger partial charge in [-0.15, -0.1) is 0 Å². The van der Waals surface area contributed by atoms with Gasteiger partial charge in [-0.1, -0.05) is 0 Å². The quantitative estimate of drug-likeness (QED) is 0.486. The van der Waals surface area contributed by atoms with Crippen LogP contribution in [0.15, 0.2) is 21.9 Å². The molecule has 0 spiro atoms. The van der Waals surface area contributed by atoms with E-state index < -0.39 is 23.3 Å². The number of aliphatic hydroxyl groups excluding tert-OH is 2. The molecule has 1 aliphatic carbocycles. The molecule has 1 aliphatic rings. The van der Waals surface area contributed by atoms with Crippen LogP contribution < -0.4 is 11.2 Å². The number of aromatic nitrogens is 2. The van der Waals surface area contributed by atoms with Crippen molar-refractivity contribution in [2.45, 2.75) is 25.0 Å². The summed E-state index contributed by atoms with van der Waals surface area (Å²) in [6.07, 6.45) is 3.75. The molecule has 8 nitrogen and oxygen atoms in total. The van der Waals surface area contributed by atoms with Crippen LogP contribution in [-0.2, 0) is 9.53 Å². The summed E-state index contributed by atoms with van der Waals surface area (Å²) in [5.41, 5.74) is -1.07. The smallest absolute Gasteiger partial charge is 0.330 e. The summed E-state index contributed by atoms with van der Waals surface area (Å²) >= 11 is 0. The molecule has 1 fully saturated rings. The lowest BCUT2D eigenvalue weighted by atomic mass is 10.1. The predicted octanol–water partition coefficient (Wildman–Crippen LogP) is -0.973. The van der Waals surface area contributed by atoms with Crippen molar-refractivity contribution in [1.29, 1.82) is 0 Å². The SMILES string of the molecule is COC(=O)/C=C/c1cn(C2CC(O)C(CO)C2)c(=O)[nH]c1=O. The van der Waals surface area contributed by atoms with E-state index in [-0.39, 0.29) is 24.1 Å². The van der Waals surface area contributed by atoms with Crippen LogP contribution in [0, 0.1) is 5.92 Å². The Kier molecular flexibility index (Phi) is 4.94. The molecule has 3 unspecified atom stereocenters. The lowest BCUT2D eigenvalue weighted by Crippen LogP contribution is -2.32. The summed E-state index contributed by atoms with van der Waals surface area (Å²) in [5.74, 6) is -0.910. The molecule has 1 heterocycles.